The van der Waals surface area contributed by atoms with E-state index in [1.165, 1.54) is 10.6 Å². The SMILES string of the molecule is C=NN(C(=O)/C(Cl)=C(\C)N1CCc2c(Nc3ccc(F)cc3C(F)(F)F)cc(=O)n(C)c2C1)C1CCCCO1. The van der Waals surface area contributed by atoms with Crippen LogP contribution in [-0.4, -0.2) is 46.5 Å². The molecular formula is C26H28ClF4N5O3. The van der Waals surface area contributed by atoms with Crippen LogP contribution in [-0.2, 0) is 35.7 Å². The number of rotatable bonds is 6. The van der Waals surface area contributed by atoms with E-state index in [1.54, 1.807) is 14.0 Å². The van der Waals surface area contributed by atoms with Gasteiger partial charge in [0.15, 0.2) is 6.23 Å². The molecular weight excluding hydrogens is 542 g/mol. The van der Waals surface area contributed by atoms with E-state index < -0.39 is 35.3 Å². The van der Waals surface area contributed by atoms with Crippen LogP contribution >= 0.6 is 11.6 Å². The molecule has 1 saturated heterocycles. The maximum atomic E-state index is 13.6. The van der Waals surface area contributed by atoms with Crippen LogP contribution in [0.5, 0.6) is 0 Å². The average molecular weight is 570 g/mol. The summed E-state index contributed by atoms with van der Waals surface area (Å²) in [6, 6.07) is 3.53. The highest BCUT2D eigenvalue weighted by Gasteiger charge is 2.35. The summed E-state index contributed by atoms with van der Waals surface area (Å²) >= 11 is 6.50. The fraction of sp³-hybridized carbons (Fsp3) is 0.423. The van der Waals surface area contributed by atoms with Gasteiger partial charge in [-0.15, -0.1) is 0 Å². The summed E-state index contributed by atoms with van der Waals surface area (Å²) < 4.78 is 61.3. The molecule has 0 bridgehead atoms. The lowest BCUT2D eigenvalue weighted by molar-refractivity contribution is -0.146. The van der Waals surface area contributed by atoms with Gasteiger partial charge in [-0.2, -0.15) is 18.3 Å². The summed E-state index contributed by atoms with van der Waals surface area (Å²) in [4.78, 5) is 27.7. The van der Waals surface area contributed by atoms with E-state index in [4.69, 9.17) is 16.3 Å². The number of hydrogen-bond donors (Lipinski definition) is 1. The molecule has 0 radical (unpaired) electrons. The van der Waals surface area contributed by atoms with Crippen molar-refractivity contribution in [1.82, 2.24) is 14.5 Å². The molecule has 13 heteroatoms. The molecule has 0 aliphatic carbocycles. The minimum absolute atomic E-state index is 0.0829. The molecule has 39 heavy (non-hydrogen) atoms. The molecule has 2 aromatic rings. The van der Waals surface area contributed by atoms with E-state index in [2.05, 4.69) is 17.1 Å². The van der Waals surface area contributed by atoms with Gasteiger partial charge in [0.05, 0.1) is 17.8 Å². The summed E-state index contributed by atoms with van der Waals surface area (Å²) in [6.07, 6.45) is -2.66. The number of alkyl halides is 3. The summed E-state index contributed by atoms with van der Waals surface area (Å²) in [6.45, 7) is 6.18. The van der Waals surface area contributed by atoms with Gasteiger partial charge in [-0.05, 0) is 56.4 Å². The van der Waals surface area contributed by atoms with Crippen LogP contribution in [0.1, 0.15) is 43.0 Å². The molecule has 1 fully saturated rings. The third-order valence-corrected chi connectivity index (χ3v) is 7.41. The fourth-order valence-corrected chi connectivity index (χ4v) is 4.99. The normalized spacial score (nSPS) is 18.2. The number of ether oxygens (including phenoxy) is 1. The first-order chi connectivity index (χ1) is 18.4. The zero-order chi connectivity index (χ0) is 28.5. The van der Waals surface area contributed by atoms with E-state index in [9.17, 15) is 27.2 Å². The molecule has 1 aromatic carbocycles. The van der Waals surface area contributed by atoms with Crippen LogP contribution in [0, 0.1) is 5.82 Å². The minimum Gasteiger partial charge on any atom is -0.368 e. The number of carbonyl (C=O) groups excluding carboxylic acids is 1. The van der Waals surface area contributed by atoms with Crippen LogP contribution in [0.2, 0.25) is 0 Å². The van der Waals surface area contributed by atoms with E-state index in [-0.39, 0.29) is 23.0 Å². The number of amides is 1. The monoisotopic (exact) mass is 569 g/mol. The summed E-state index contributed by atoms with van der Waals surface area (Å²) in [7, 11) is 1.56. The Bertz CT molecular complexity index is 1370. The number of nitrogens with zero attached hydrogens (tertiary/aromatic N) is 4. The highest BCUT2D eigenvalue weighted by molar-refractivity contribution is 6.42. The number of nitrogens with one attached hydrogen (secondary N) is 1. The smallest absolute Gasteiger partial charge is 0.368 e. The number of benzene rings is 1. The Labute approximate surface area is 227 Å². The number of fused-ring (bicyclic) bond motifs is 1. The first kappa shape index (κ1) is 28.6. The van der Waals surface area contributed by atoms with Crippen molar-refractivity contribution in [1.29, 1.82) is 0 Å². The Hall–Kier alpha value is -3.38. The number of anilines is 2. The molecule has 0 spiro atoms. The van der Waals surface area contributed by atoms with Crippen molar-refractivity contribution in [3.63, 3.8) is 0 Å². The molecule has 1 unspecified atom stereocenters. The molecule has 3 heterocycles. The molecule has 1 amide bonds. The quantitative estimate of drug-likeness (QED) is 0.227. The third kappa shape index (κ3) is 5.96. The molecule has 1 atom stereocenters. The van der Waals surface area contributed by atoms with Gasteiger partial charge in [0, 0.05) is 50.1 Å². The average Bonchev–Trinajstić information content (AvgIpc) is 2.91. The lowest BCUT2D eigenvalue weighted by atomic mass is 10.0. The van der Waals surface area contributed by atoms with E-state index >= 15 is 0 Å². The molecule has 1 aromatic heterocycles. The Morgan fingerprint density at radius 3 is 2.64 bits per heavy atom. The highest BCUT2D eigenvalue weighted by atomic mass is 35.5. The summed E-state index contributed by atoms with van der Waals surface area (Å²) in [5.41, 5.74) is -0.183. The fourth-order valence-electron chi connectivity index (χ4n) is 4.79. The van der Waals surface area contributed by atoms with Crippen molar-refractivity contribution in [2.75, 3.05) is 18.5 Å². The van der Waals surface area contributed by atoms with Gasteiger partial charge >= 0.3 is 6.18 Å². The maximum absolute atomic E-state index is 13.6. The second-order valence-electron chi connectivity index (χ2n) is 9.38. The highest BCUT2D eigenvalue weighted by Crippen LogP contribution is 2.38. The maximum Gasteiger partial charge on any atom is 0.418 e. The molecule has 2 aliphatic rings. The van der Waals surface area contributed by atoms with Crippen LogP contribution in [0.4, 0.5) is 28.9 Å². The van der Waals surface area contributed by atoms with Crippen molar-refractivity contribution in [2.45, 2.75) is 51.6 Å². The Morgan fingerprint density at radius 2 is 2.00 bits per heavy atom. The van der Waals surface area contributed by atoms with Gasteiger partial charge in [0.2, 0.25) is 0 Å². The predicted molar refractivity (Wildman–Crippen MR) is 139 cm³/mol. The Kier molecular flexibility index (Phi) is 8.36. The third-order valence-electron chi connectivity index (χ3n) is 6.97. The summed E-state index contributed by atoms with van der Waals surface area (Å²) in [5.74, 6) is -1.59. The molecule has 4 rings (SSSR count). The van der Waals surface area contributed by atoms with Gasteiger partial charge in [0.1, 0.15) is 10.8 Å². The molecule has 2 aliphatic heterocycles. The van der Waals surface area contributed by atoms with Crippen molar-refractivity contribution >= 4 is 35.6 Å². The van der Waals surface area contributed by atoms with Crippen molar-refractivity contribution in [3.8, 4) is 0 Å². The predicted octanol–water partition coefficient (Wildman–Crippen LogP) is 5.09. The first-order valence-electron chi connectivity index (χ1n) is 12.3. The van der Waals surface area contributed by atoms with Gasteiger partial charge in [-0.25, -0.2) is 9.40 Å². The number of carbonyl (C=O) groups is 1. The number of aromatic nitrogens is 1. The van der Waals surface area contributed by atoms with Crippen molar-refractivity contribution in [3.05, 3.63) is 68.0 Å². The van der Waals surface area contributed by atoms with E-state index in [0.29, 0.717) is 49.0 Å². The molecule has 210 valence electrons. The number of allylic oxidation sites excluding steroid dienone is 1. The topological polar surface area (TPSA) is 79.2 Å². The van der Waals surface area contributed by atoms with Gasteiger partial charge < -0.3 is 19.5 Å². The van der Waals surface area contributed by atoms with Crippen LogP contribution < -0.4 is 10.9 Å². The van der Waals surface area contributed by atoms with Crippen LogP contribution in [0.3, 0.4) is 0 Å². The largest absolute Gasteiger partial charge is 0.418 e. The zero-order valence-electron chi connectivity index (χ0n) is 21.4. The Morgan fingerprint density at radius 1 is 1.26 bits per heavy atom. The van der Waals surface area contributed by atoms with Crippen LogP contribution in [0.25, 0.3) is 0 Å². The number of hydrazone groups is 1. The lowest BCUT2D eigenvalue weighted by Gasteiger charge is -2.35. The Balaban J connectivity index is 1.64. The number of hydrogen-bond acceptors (Lipinski definition) is 6. The standard InChI is InChI=1S/C26H28ClF4N5O3/c1-15(24(27)25(38)36(32-2)23-6-4-5-11-39-23)35-10-9-17-20(13-22(37)34(3)21(17)14-35)33-19-8-7-16(28)12-18(19)26(29,30)31/h7-8,12-13,23,33H,2,4-6,9-11,14H2,1,3H3/b24-15-. The van der Waals surface area contributed by atoms with Crippen molar-refractivity contribution < 1.29 is 27.1 Å². The first-order valence-corrected chi connectivity index (χ1v) is 12.7. The number of pyridine rings is 1. The number of halogens is 5. The second kappa shape index (κ2) is 11.4. The van der Waals surface area contributed by atoms with Gasteiger partial charge in [-0.3, -0.25) is 9.59 Å². The molecule has 1 N–H and O–H groups in total. The van der Waals surface area contributed by atoms with Crippen LogP contribution in [0.15, 0.2) is 44.9 Å². The minimum atomic E-state index is -4.80. The van der Waals surface area contributed by atoms with Crippen molar-refractivity contribution in [2.24, 2.45) is 12.1 Å². The molecule has 0 saturated carbocycles. The second-order valence-corrected chi connectivity index (χ2v) is 9.75. The summed E-state index contributed by atoms with van der Waals surface area (Å²) in [5, 5.41) is 7.56. The van der Waals surface area contributed by atoms with E-state index in [0.717, 1.165) is 30.0 Å². The lowest BCUT2D eigenvalue weighted by Crippen LogP contribution is -2.41. The molecule has 8 nitrogen and oxygen atoms in total. The van der Waals surface area contributed by atoms with Gasteiger partial charge in [0.25, 0.3) is 11.5 Å². The zero-order valence-corrected chi connectivity index (χ0v) is 22.2. The van der Waals surface area contributed by atoms with E-state index in [1.807, 2.05) is 4.90 Å². The van der Waals surface area contributed by atoms with Gasteiger partial charge in [-0.1, -0.05) is 11.6 Å².